The van der Waals surface area contributed by atoms with Crippen LogP contribution in [-0.4, -0.2) is 34.0 Å². The minimum atomic E-state index is -4.77. The van der Waals surface area contributed by atoms with Gasteiger partial charge in [-0.2, -0.15) is 13.2 Å². The zero-order valence-corrected chi connectivity index (χ0v) is 14.6. The van der Waals surface area contributed by atoms with Gasteiger partial charge in [-0.25, -0.2) is 13.1 Å². The van der Waals surface area contributed by atoms with Crippen molar-refractivity contribution in [1.29, 1.82) is 0 Å². The summed E-state index contributed by atoms with van der Waals surface area (Å²) in [6.07, 6.45) is -4.94. The van der Waals surface area contributed by atoms with Gasteiger partial charge in [0.2, 0.25) is 15.9 Å². The molecule has 0 heterocycles. The molecule has 1 aromatic carbocycles. The van der Waals surface area contributed by atoms with E-state index in [1.165, 1.54) is 0 Å². The zero-order chi connectivity index (χ0) is 17.7. The molecule has 0 radical (unpaired) electrons. The molecule has 4 N–H and O–H groups in total. The van der Waals surface area contributed by atoms with Gasteiger partial charge in [-0.3, -0.25) is 4.79 Å². The molecule has 12 heteroatoms. The Balaban J connectivity index is 0.00000529. The molecule has 1 aromatic rings. The van der Waals surface area contributed by atoms with Crippen molar-refractivity contribution in [2.75, 3.05) is 19.6 Å². The number of rotatable bonds is 7. The molecule has 0 aromatic heterocycles. The smallest absolute Gasteiger partial charge is 0.355 e. The van der Waals surface area contributed by atoms with Crippen molar-refractivity contribution in [1.82, 2.24) is 10.0 Å². The molecule has 138 valence electrons. The van der Waals surface area contributed by atoms with Crippen molar-refractivity contribution >= 4 is 39.9 Å². The van der Waals surface area contributed by atoms with Crippen molar-refractivity contribution < 1.29 is 26.4 Å². The highest BCUT2D eigenvalue weighted by Crippen LogP contribution is 2.35. The Labute approximate surface area is 148 Å². The molecule has 0 atom stereocenters. The Bertz CT molecular complexity index is 669. The molecular formula is C12H16Cl2F3N3O3S. The third-order valence-electron chi connectivity index (χ3n) is 2.66. The molecule has 1 amide bonds. The van der Waals surface area contributed by atoms with Gasteiger partial charge >= 0.3 is 6.18 Å². The summed E-state index contributed by atoms with van der Waals surface area (Å²) in [6, 6.07) is 2.25. The number of alkyl halides is 3. The summed E-state index contributed by atoms with van der Waals surface area (Å²) >= 11 is 5.43. The molecule has 0 aliphatic heterocycles. The molecule has 0 saturated carbocycles. The van der Waals surface area contributed by atoms with E-state index in [0.29, 0.717) is 6.07 Å². The average molecular weight is 410 g/mol. The third-order valence-corrected chi connectivity index (χ3v) is 4.45. The summed E-state index contributed by atoms with van der Waals surface area (Å²) in [5, 5.41) is 1.83. The number of sulfonamides is 1. The second kappa shape index (κ2) is 9.42. The molecule has 0 bridgehead atoms. The predicted molar refractivity (Wildman–Crippen MR) is 85.6 cm³/mol. The Hall–Kier alpha value is -1.07. The van der Waals surface area contributed by atoms with E-state index in [-0.39, 0.29) is 38.5 Å². The summed E-state index contributed by atoms with van der Waals surface area (Å²) < 4.78 is 64.1. The lowest BCUT2D eigenvalue weighted by Crippen LogP contribution is -2.33. The fourth-order valence-electron chi connectivity index (χ4n) is 1.57. The van der Waals surface area contributed by atoms with E-state index in [2.05, 4.69) is 10.0 Å². The zero-order valence-electron chi connectivity index (χ0n) is 12.2. The number of nitrogens with one attached hydrogen (secondary N) is 2. The Morgan fingerprint density at radius 2 is 1.88 bits per heavy atom. The number of carbonyl (C=O) groups excluding carboxylic acids is 1. The average Bonchev–Trinajstić information content (AvgIpc) is 2.43. The van der Waals surface area contributed by atoms with Crippen LogP contribution in [0.2, 0.25) is 5.02 Å². The van der Waals surface area contributed by atoms with Crippen molar-refractivity contribution in [3.05, 3.63) is 28.8 Å². The van der Waals surface area contributed by atoms with Crippen molar-refractivity contribution in [2.24, 2.45) is 5.73 Å². The highest BCUT2D eigenvalue weighted by atomic mass is 35.5. The van der Waals surface area contributed by atoms with E-state index in [1.54, 1.807) is 0 Å². The van der Waals surface area contributed by atoms with Gasteiger partial charge in [0.05, 0.1) is 15.5 Å². The molecule has 0 unspecified atom stereocenters. The summed E-state index contributed by atoms with van der Waals surface area (Å²) in [6.45, 7) is 0.225. The first kappa shape index (κ1) is 22.9. The number of carbonyl (C=O) groups is 1. The molecule has 0 spiro atoms. The van der Waals surface area contributed by atoms with Crippen LogP contribution >= 0.6 is 24.0 Å². The Morgan fingerprint density at radius 1 is 1.25 bits per heavy atom. The van der Waals surface area contributed by atoms with E-state index in [4.69, 9.17) is 17.3 Å². The van der Waals surface area contributed by atoms with Crippen LogP contribution in [0.5, 0.6) is 0 Å². The first-order valence-corrected chi connectivity index (χ1v) is 8.27. The lowest BCUT2D eigenvalue weighted by atomic mass is 10.2. The van der Waals surface area contributed by atoms with E-state index in [0.717, 1.165) is 12.1 Å². The second-order valence-electron chi connectivity index (χ2n) is 4.43. The van der Waals surface area contributed by atoms with Crippen LogP contribution in [-0.2, 0) is 21.0 Å². The van der Waals surface area contributed by atoms with Gasteiger partial charge in [-0.15, -0.1) is 12.4 Å². The predicted octanol–water partition coefficient (Wildman–Crippen LogP) is 1.52. The SMILES string of the molecule is Cl.NCCNC(=O)CCNS(=O)(=O)c1ccc(Cl)c(C(F)(F)F)c1. The number of hydrogen-bond donors (Lipinski definition) is 3. The quantitative estimate of drug-likeness (QED) is 0.635. The van der Waals surface area contributed by atoms with Crippen LogP contribution < -0.4 is 15.8 Å². The largest absolute Gasteiger partial charge is 0.417 e. The molecule has 0 aliphatic rings. The van der Waals surface area contributed by atoms with E-state index in [1.807, 2.05) is 0 Å². The summed E-state index contributed by atoms with van der Waals surface area (Å²) in [4.78, 5) is 10.7. The Kier molecular flexibility index (Phi) is 9.00. The molecular weight excluding hydrogens is 394 g/mol. The number of hydrogen-bond acceptors (Lipinski definition) is 4. The van der Waals surface area contributed by atoms with E-state index < -0.39 is 37.6 Å². The fraction of sp³-hybridized carbons (Fsp3) is 0.417. The van der Waals surface area contributed by atoms with Crippen LogP contribution in [0, 0.1) is 0 Å². The number of nitrogens with two attached hydrogens (primary N) is 1. The first-order valence-electron chi connectivity index (χ1n) is 6.41. The number of benzene rings is 1. The lowest BCUT2D eigenvalue weighted by molar-refractivity contribution is -0.137. The van der Waals surface area contributed by atoms with Gasteiger partial charge in [0, 0.05) is 26.1 Å². The monoisotopic (exact) mass is 409 g/mol. The molecule has 0 saturated heterocycles. The van der Waals surface area contributed by atoms with E-state index >= 15 is 0 Å². The lowest BCUT2D eigenvalue weighted by Gasteiger charge is -2.12. The standard InChI is InChI=1S/C12H15ClF3N3O3S.ClH/c13-10-2-1-8(7-9(10)12(14,15)16)23(21,22)19-5-3-11(20)18-6-4-17;/h1-2,7,19H,3-6,17H2,(H,18,20);1H. The molecule has 6 nitrogen and oxygen atoms in total. The van der Waals surface area contributed by atoms with Gasteiger partial charge in [0.15, 0.2) is 0 Å². The summed E-state index contributed by atoms with van der Waals surface area (Å²) in [5.74, 6) is -0.426. The van der Waals surface area contributed by atoms with Crippen LogP contribution in [0.1, 0.15) is 12.0 Å². The van der Waals surface area contributed by atoms with Gasteiger partial charge in [0.1, 0.15) is 0 Å². The number of halogens is 5. The molecule has 0 aliphatic carbocycles. The van der Waals surface area contributed by atoms with Gasteiger partial charge in [-0.05, 0) is 18.2 Å². The second-order valence-corrected chi connectivity index (χ2v) is 6.60. The first-order chi connectivity index (χ1) is 10.6. The van der Waals surface area contributed by atoms with Crippen LogP contribution in [0.3, 0.4) is 0 Å². The topological polar surface area (TPSA) is 101 Å². The van der Waals surface area contributed by atoms with Crippen LogP contribution in [0.4, 0.5) is 13.2 Å². The summed E-state index contributed by atoms with van der Waals surface area (Å²) in [5.41, 5.74) is 3.94. The highest BCUT2D eigenvalue weighted by Gasteiger charge is 2.34. The normalized spacial score (nSPS) is 11.7. The molecule has 1 rings (SSSR count). The van der Waals surface area contributed by atoms with Crippen molar-refractivity contribution in [3.8, 4) is 0 Å². The van der Waals surface area contributed by atoms with Gasteiger partial charge < -0.3 is 11.1 Å². The third kappa shape index (κ3) is 6.81. The maximum absolute atomic E-state index is 12.7. The van der Waals surface area contributed by atoms with E-state index in [9.17, 15) is 26.4 Å². The van der Waals surface area contributed by atoms with Crippen molar-refractivity contribution in [3.63, 3.8) is 0 Å². The van der Waals surface area contributed by atoms with Crippen molar-refractivity contribution in [2.45, 2.75) is 17.5 Å². The van der Waals surface area contributed by atoms with Crippen LogP contribution in [0.25, 0.3) is 0 Å². The minimum absolute atomic E-state index is 0. The maximum atomic E-state index is 12.7. The maximum Gasteiger partial charge on any atom is 0.417 e. The number of amides is 1. The Morgan fingerprint density at radius 3 is 2.42 bits per heavy atom. The minimum Gasteiger partial charge on any atom is -0.355 e. The molecule has 0 fully saturated rings. The van der Waals surface area contributed by atoms with Gasteiger partial charge in [0.25, 0.3) is 0 Å². The molecule has 24 heavy (non-hydrogen) atoms. The van der Waals surface area contributed by atoms with Crippen LogP contribution in [0.15, 0.2) is 23.1 Å². The highest BCUT2D eigenvalue weighted by molar-refractivity contribution is 7.89. The summed E-state index contributed by atoms with van der Waals surface area (Å²) in [7, 11) is -4.19. The van der Waals surface area contributed by atoms with Gasteiger partial charge in [-0.1, -0.05) is 11.6 Å². The fourth-order valence-corrected chi connectivity index (χ4v) is 2.85.